The summed E-state index contributed by atoms with van der Waals surface area (Å²) in [7, 11) is -0.973. The summed E-state index contributed by atoms with van der Waals surface area (Å²) in [5, 5.41) is 13.2. The van der Waals surface area contributed by atoms with E-state index in [1.165, 1.54) is 0 Å². The molecule has 0 fully saturated rings. The van der Waals surface area contributed by atoms with Crippen LogP contribution in [0.3, 0.4) is 0 Å². The predicted molar refractivity (Wildman–Crippen MR) is 63.4 cm³/mol. The van der Waals surface area contributed by atoms with E-state index in [0.717, 1.165) is 0 Å². The molecule has 0 aliphatic heterocycles. The van der Waals surface area contributed by atoms with E-state index in [9.17, 15) is 13.8 Å². The van der Waals surface area contributed by atoms with E-state index < -0.39 is 16.8 Å². The summed E-state index contributed by atoms with van der Waals surface area (Å²) in [5.74, 6) is -1.05. The van der Waals surface area contributed by atoms with E-state index in [1.54, 1.807) is 13.2 Å². The van der Waals surface area contributed by atoms with Crippen molar-refractivity contribution in [3.05, 3.63) is 0 Å². The highest BCUT2D eigenvalue weighted by molar-refractivity contribution is 7.84. The standard InChI is InChI=1S/C9H18N2O5S/c1-7(17(2)15)5-11-9(14)10-3-4-16-6-8(12)13/h7H,3-6H2,1-2H3,(H,12,13)(H2,10,11,14). The fourth-order valence-corrected chi connectivity index (χ4v) is 1.13. The normalized spacial score (nSPS) is 13.8. The van der Waals surface area contributed by atoms with Crippen molar-refractivity contribution in [3.8, 4) is 0 Å². The molecular formula is C9H18N2O5S. The van der Waals surface area contributed by atoms with Crippen LogP contribution in [-0.4, -0.2) is 59.1 Å². The lowest BCUT2D eigenvalue weighted by molar-refractivity contribution is -0.142. The number of rotatable bonds is 8. The van der Waals surface area contributed by atoms with E-state index in [4.69, 9.17) is 9.84 Å². The zero-order chi connectivity index (χ0) is 13.3. The third-order valence-electron chi connectivity index (χ3n) is 1.87. The van der Waals surface area contributed by atoms with Crippen molar-refractivity contribution in [1.29, 1.82) is 0 Å². The van der Waals surface area contributed by atoms with Crippen LogP contribution < -0.4 is 10.6 Å². The van der Waals surface area contributed by atoms with Gasteiger partial charge in [-0.15, -0.1) is 0 Å². The summed E-state index contributed by atoms with van der Waals surface area (Å²) in [6, 6.07) is -0.388. The van der Waals surface area contributed by atoms with E-state index in [1.807, 2.05) is 0 Å². The lowest BCUT2D eigenvalue weighted by Crippen LogP contribution is -2.41. The van der Waals surface area contributed by atoms with Gasteiger partial charge in [0.05, 0.1) is 6.61 Å². The third kappa shape index (κ3) is 9.76. The van der Waals surface area contributed by atoms with Crippen LogP contribution in [0.1, 0.15) is 6.92 Å². The smallest absolute Gasteiger partial charge is 0.329 e. The number of aliphatic carboxylic acids is 1. The Morgan fingerprint density at radius 3 is 2.59 bits per heavy atom. The molecule has 2 unspecified atom stereocenters. The van der Waals surface area contributed by atoms with Crippen LogP contribution in [-0.2, 0) is 20.3 Å². The van der Waals surface area contributed by atoms with Gasteiger partial charge in [0.15, 0.2) is 0 Å². The molecule has 2 atom stereocenters. The molecule has 0 aromatic carbocycles. The maximum Gasteiger partial charge on any atom is 0.329 e. The minimum atomic E-state index is -1.05. The highest BCUT2D eigenvalue weighted by Gasteiger charge is 2.07. The lowest BCUT2D eigenvalue weighted by Gasteiger charge is -2.10. The van der Waals surface area contributed by atoms with Crippen molar-refractivity contribution >= 4 is 22.8 Å². The monoisotopic (exact) mass is 266 g/mol. The van der Waals surface area contributed by atoms with Crippen LogP contribution >= 0.6 is 0 Å². The van der Waals surface area contributed by atoms with Crippen molar-refractivity contribution < 1.29 is 23.6 Å². The van der Waals surface area contributed by atoms with Gasteiger partial charge in [-0.05, 0) is 6.92 Å². The summed E-state index contributed by atoms with van der Waals surface area (Å²) in [6.45, 7) is 2.07. The summed E-state index contributed by atoms with van der Waals surface area (Å²) < 4.78 is 15.7. The minimum absolute atomic E-state index is 0.107. The Labute approximate surface area is 102 Å². The molecular weight excluding hydrogens is 248 g/mol. The number of amides is 2. The van der Waals surface area contributed by atoms with Crippen LogP contribution in [0.15, 0.2) is 0 Å². The summed E-state index contributed by atoms with van der Waals surface area (Å²) in [5.41, 5.74) is 0. The maximum absolute atomic E-state index is 11.2. The zero-order valence-corrected chi connectivity index (χ0v) is 10.7. The van der Waals surface area contributed by atoms with Crippen LogP contribution in [0.4, 0.5) is 4.79 Å². The molecule has 0 saturated carbocycles. The lowest BCUT2D eigenvalue weighted by atomic mass is 10.5. The average Bonchev–Trinajstić information content (AvgIpc) is 2.24. The molecule has 0 radical (unpaired) electrons. The second kappa shape index (κ2) is 8.94. The van der Waals surface area contributed by atoms with E-state index >= 15 is 0 Å². The van der Waals surface area contributed by atoms with E-state index in [2.05, 4.69) is 10.6 Å². The number of ether oxygens (including phenoxy) is 1. The first-order valence-corrected chi connectivity index (χ1v) is 6.69. The largest absolute Gasteiger partial charge is 0.480 e. The molecule has 0 aromatic rings. The van der Waals surface area contributed by atoms with Gasteiger partial charge >= 0.3 is 12.0 Å². The molecule has 2 amide bonds. The Balaban J connectivity index is 3.47. The fraction of sp³-hybridized carbons (Fsp3) is 0.778. The molecule has 0 aliphatic rings. The molecule has 100 valence electrons. The SMILES string of the molecule is CC(CNC(=O)NCCOCC(=O)O)S(C)=O. The maximum atomic E-state index is 11.2. The number of urea groups is 1. The molecule has 0 bridgehead atoms. The number of carboxylic acids is 1. The van der Waals surface area contributed by atoms with Crippen molar-refractivity contribution in [3.63, 3.8) is 0 Å². The molecule has 8 heteroatoms. The van der Waals surface area contributed by atoms with E-state index in [0.29, 0.717) is 6.54 Å². The van der Waals surface area contributed by atoms with Crippen molar-refractivity contribution in [2.75, 3.05) is 32.6 Å². The van der Waals surface area contributed by atoms with Gasteiger partial charge in [-0.25, -0.2) is 9.59 Å². The Morgan fingerprint density at radius 1 is 1.41 bits per heavy atom. The van der Waals surface area contributed by atoms with Crippen molar-refractivity contribution in [2.24, 2.45) is 0 Å². The van der Waals surface area contributed by atoms with Crippen molar-refractivity contribution in [1.82, 2.24) is 10.6 Å². The molecule has 0 spiro atoms. The number of carbonyl (C=O) groups is 2. The first kappa shape index (κ1) is 15.9. The topological polar surface area (TPSA) is 105 Å². The van der Waals surface area contributed by atoms with Crippen LogP contribution in [0.25, 0.3) is 0 Å². The molecule has 3 N–H and O–H groups in total. The number of carbonyl (C=O) groups excluding carboxylic acids is 1. The molecule has 0 aliphatic carbocycles. The fourth-order valence-electron chi connectivity index (χ4n) is 0.812. The second-order valence-electron chi connectivity index (χ2n) is 3.39. The van der Waals surface area contributed by atoms with Gasteiger partial charge in [-0.1, -0.05) is 0 Å². The molecule has 17 heavy (non-hydrogen) atoms. The van der Waals surface area contributed by atoms with Crippen LogP contribution in [0.2, 0.25) is 0 Å². The Kier molecular flexibility index (Phi) is 8.34. The highest BCUT2D eigenvalue weighted by atomic mass is 32.2. The first-order valence-electron chi connectivity index (χ1n) is 5.07. The summed E-state index contributed by atoms with van der Waals surface area (Å²) in [6.07, 6.45) is 1.57. The Bertz CT molecular complexity index is 285. The summed E-state index contributed by atoms with van der Waals surface area (Å²) in [4.78, 5) is 21.3. The number of hydrogen-bond donors (Lipinski definition) is 3. The number of carboxylic acid groups (broad SMARTS) is 1. The Morgan fingerprint density at radius 2 is 2.06 bits per heavy atom. The molecule has 0 heterocycles. The molecule has 0 rings (SSSR count). The van der Waals surface area contributed by atoms with Gasteiger partial charge in [0.1, 0.15) is 6.61 Å². The highest BCUT2D eigenvalue weighted by Crippen LogP contribution is 1.88. The molecule has 0 aromatic heterocycles. The quantitative estimate of drug-likeness (QED) is 0.497. The first-order chi connectivity index (χ1) is 7.93. The third-order valence-corrected chi connectivity index (χ3v) is 3.17. The minimum Gasteiger partial charge on any atom is -0.480 e. The number of nitrogens with one attached hydrogen (secondary N) is 2. The van der Waals surface area contributed by atoms with Crippen LogP contribution in [0.5, 0.6) is 0 Å². The number of hydrogen-bond acceptors (Lipinski definition) is 4. The van der Waals surface area contributed by atoms with Gasteiger partial charge in [-0.3, -0.25) is 4.21 Å². The second-order valence-corrected chi connectivity index (χ2v) is 5.19. The van der Waals surface area contributed by atoms with Gasteiger partial charge < -0.3 is 20.5 Å². The summed E-state index contributed by atoms with van der Waals surface area (Å²) >= 11 is 0. The average molecular weight is 266 g/mol. The zero-order valence-electron chi connectivity index (χ0n) is 9.89. The predicted octanol–water partition coefficient (Wildman–Crippen LogP) is -0.846. The van der Waals surface area contributed by atoms with Gasteiger partial charge in [0.2, 0.25) is 0 Å². The molecule has 0 saturated heterocycles. The Hall–Kier alpha value is -1.15. The molecule has 7 nitrogen and oxygen atoms in total. The van der Waals surface area contributed by atoms with Gasteiger partial charge in [0.25, 0.3) is 0 Å². The van der Waals surface area contributed by atoms with E-state index in [-0.39, 0.29) is 31.0 Å². The van der Waals surface area contributed by atoms with Crippen molar-refractivity contribution in [2.45, 2.75) is 12.2 Å². The van der Waals surface area contributed by atoms with Gasteiger partial charge in [-0.2, -0.15) is 0 Å². The van der Waals surface area contributed by atoms with Gasteiger partial charge in [0, 0.05) is 35.4 Å². The van der Waals surface area contributed by atoms with Crippen LogP contribution in [0, 0.1) is 0 Å².